The fraction of sp³-hybridized carbons (Fsp3) is 0.789. The summed E-state index contributed by atoms with van der Waals surface area (Å²) in [5.41, 5.74) is 1.03. The number of hydrogen-bond acceptors (Lipinski definition) is 3. The van der Waals surface area contributed by atoms with Gasteiger partial charge in [0.25, 0.3) is 0 Å². The molecular weight excluding hydrogens is 276 g/mol. The highest BCUT2D eigenvalue weighted by Gasteiger charge is 2.52. The van der Waals surface area contributed by atoms with Gasteiger partial charge in [0, 0.05) is 6.42 Å². The van der Waals surface area contributed by atoms with Crippen LogP contribution in [0.3, 0.4) is 0 Å². The molecule has 22 heavy (non-hydrogen) atoms. The number of hydrogen-bond donors (Lipinski definition) is 0. The quantitative estimate of drug-likeness (QED) is 0.574. The van der Waals surface area contributed by atoms with Crippen LogP contribution in [0.5, 0.6) is 0 Å². The van der Waals surface area contributed by atoms with Crippen LogP contribution in [0.2, 0.25) is 0 Å². The first kappa shape index (κ1) is 17.2. The molecule has 2 aliphatic carbocycles. The van der Waals surface area contributed by atoms with Crippen LogP contribution in [-0.2, 0) is 14.3 Å². The summed E-state index contributed by atoms with van der Waals surface area (Å²) in [7, 11) is 1.49. The zero-order chi connectivity index (χ0) is 16.5. The Kier molecular flexibility index (Phi) is 4.84. The zero-order valence-electron chi connectivity index (χ0n) is 14.7. The molecule has 2 rings (SSSR count). The lowest BCUT2D eigenvalue weighted by Gasteiger charge is -2.52. The largest absolute Gasteiger partial charge is 0.469 e. The molecule has 0 saturated heterocycles. The minimum Gasteiger partial charge on any atom is -0.469 e. The Balaban J connectivity index is 2.36. The number of Topliss-reactive ketones (excluding diaryl/α,β-unsaturated/α-hetero) is 1. The van der Waals surface area contributed by atoms with E-state index in [1.807, 2.05) is 0 Å². The number of carbonyl (C=O) groups is 2. The predicted molar refractivity (Wildman–Crippen MR) is 87.4 cm³/mol. The number of carbonyl (C=O) groups excluding carboxylic acids is 2. The summed E-state index contributed by atoms with van der Waals surface area (Å²) in [6.07, 6.45) is 7.83. The molecule has 3 heteroatoms. The number of allylic oxidation sites excluding steroid dienone is 2. The fourth-order valence-electron chi connectivity index (χ4n) is 4.62. The van der Waals surface area contributed by atoms with Crippen molar-refractivity contribution in [3.8, 4) is 0 Å². The van der Waals surface area contributed by atoms with Gasteiger partial charge in [-0.05, 0) is 63.2 Å². The highest BCUT2D eigenvalue weighted by atomic mass is 16.5. The summed E-state index contributed by atoms with van der Waals surface area (Å²) in [6, 6.07) is 0. The van der Waals surface area contributed by atoms with Gasteiger partial charge in [-0.15, -0.1) is 0 Å². The van der Waals surface area contributed by atoms with Gasteiger partial charge in [-0.3, -0.25) is 4.79 Å². The second-order valence-electron chi connectivity index (χ2n) is 7.76. The first-order valence-electron chi connectivity index (χ1n) is 8.54. The molecule has 0 bridgehead atoms. The van der Waals surface area contributed by atoms with Crippen molar-refractivity contribution in [3.05, 3.63) is 11.6 Å². The minimum atomic E-state index is -0.406. The Morgan fingerprint density at radius 3 is 2.59 bits per heavy atom. The van der Waals surface area contributed by atoms with Gasteiger partial charge in [0.1, 0.15) is 5.78 Å². The van der Waals surface area contributed by atoms with Gasteiger partial charge in [0.15, 0.2) is 0 Å². The summed E-state index contributed by atoms with van der Waals surface area (Å²) in [4.78, 5) is 23.9. The maximum Gasteiger partial charge on any atom is 0.312 e. The number of fused-ring (bicyclic) bond motifs is 1. The molecule has 1 fully saturated rings. The van der Waals surface area contributed by atoms with Gasteiger partial charge < -0.3 is 9.53 Å². The molecule has 0 aromatic heterocycles. The average Bonchev–Trinajstić information content (AvgIpc) is 2.49. The molecule has 0 aromatic rings. The van der Waals surface area contributed by atoms with Crippen molar-refractivity contribution >= 4 is 11.8 Å². The molecule has 3 nitrogen and oxygen atoms in total. The third-order valence-electron chi connectivity index (χ3n) is 6.46. The summed E-state index contributed by atoms with van der Waals surface area (Å²) in [5.74, 6) is 0.991. The Morgan fingerprint density at radius 1 is 1.32 bits per heavy atom. The van der Waals surface area contributed by atoms with E-state index in [1.54, 1.807) is 6.92 Å². The molecule has 0 aliphatic heterocycles. The number of esters is 1. The molecule has 2 aliphatic rings. The number of ether oxygens (including phenoxy) is 1. The lowest BCUT2D eigenvalue weighted by atomic mass is 9.51. The van der Waals surface area contributed by atoms with Gasteiger partial charge in [0.2, 0.25) is 0 Å². The maximum absolute atomic E-state index is 12.4. The highest BCUT2D eigenvalue weighted by molar-refractivity contribution is 5.78. The number of rotatable bonds is 4. The average molecular weight is 306 g/mol. The number of ketones is 1. The van der Waals surface area contributed by atoms with Crippen LogP contribution < -0.4 is 0 Å². The summed E-state index contributed by atoms with van der Waals surface area (Å²) < 4.78 is 5.11. The molecule has 0 radical (unpaired) electrons. The van der Waals surface area contributed by atoms with Crippen LogP contribution in [0.4, 0.5) is 0 Å². The highest BCUT2D eigenvalue weighted by Crippen LogP contribution is 2.58. The van der Waals surface area contributed by atoms with E-state index in [2.05, 4.69) is 26.8 Å². The molecule has 0 spiro atoms. The molecule has 4 atom stereocenters. The van der Waals surface area contributed by atoms with E-state index in [0.29, 0.717) is 12.3 Å². The smallest absolute Gasteiger partial charge is 0.312 e. The van der Waals surface area contributed by atoms with Crippen molar-refractivity contribution in [2.45, 2.75) is 66.2 Å². The maximum atomic E-state index is 12.4. The van der Waals surface area contributed by atoms with Gasteiger partial charge in [-0.2, -0.15) is 0 Å². The molecule has 0 amide bonds. The Labute approximate surface area is 134 Å². The van der Waals surface area contributed by atoms with E-state index in [0.717, 1.165) is 32.1 Å². The van der Waals surface area contributed by atoms with Crippen molar-refractivity contribution in [3.63, 3.8) is 0 Å². The third kappa shape index (κ3) is 2.75. The van der Waals surface area contributed by atoms with E-state index in [4.69, 9.17) is 4.74 Å². The summed E-state index contributed by atoms with van der Waals surface area (Å²) in [5, 5.41) is 0. The first-order chi connectivity index (χ1) is 10.3. The Hall–Kier alpha value is -1.12. The lowest BCUT2D eigenvalue weighted by Crippen LogP contribution is -2.47. The van der Waals surface area contributed by atoms with Gasteiger partial charge in [-0.1, -0.05) is 25.5 Å². The Bertz CT molecular complexity index is 493. The third-order valence-corrected chi connectivity index (χ3v) is 6.46. The van der Waals surface area contributed by atoms with Crippen LogP contribution in [-0.4, -0.2) is 18.9 Å². The first-order valence-corrected chi connectivity index (χ1v) is 8.54. The van der Waals surface area contributed by atoms with Crippen molar-refractivity contribution in [1.29, 1.82) is 0 Å². The lowest BCUT2D eigenvalue weighted by molar-refractivity contribution is -0.156. The van der Waals surface area contributed by atoms with Crippen LogP contribution in [0.25, 0.3) is 0 Å². The normalized spacial score (nSPS) is 38.0. The summed E-state index contributed by atoms with van der Waals surface area (Å²) in [6.45, 7) is 8.32. The molecule has 1 unspecified atom stereocenters. The zero-order valence-corrected chi connectivity index (χ0v) is 14.7. The molecule has 124 valence electrons. The van der Waals surface area contributed by atoms with Crippen LogP contribution >= 0.6 is 0 Å². The fourth-order valence-corrected chi connectivity index (χ4v) is 4.62. The second-order valence-corrected chi connectivity index (χ2v) is 7.76. The van der Waals surface area contributed by atoms with E-state index in [-0.39, 0.29) is 23.1 Å². The molecule has 0 aromatic carbocycles. The molecular formula is C19H30O3. The minimum absolute atomic E-state index is 0.0320. The van der Waals surface area contributed by atoms with E-state index in [1.165, 1.54) is 12.7 Å². The van der Waals surface area contributed by atoms with Crippen molar-refractivity contribution < 1.29 is 14.3 Å². The molecule has 0 heterocycles. The van der Waals surface area contributed by atoms with Gasteiger partial charge >= 0.3 is 5.97 Å². The van der Waals surface area contributed by atoms with Crippen molar-refractivity contribution in [2.24, 2.45) is 22.7 Å². The van der Waals surface area contributed by atoms with Crippen LogP contribution in [0.1, 0.15) is 66.2 Å². The van der Waals surface area contributed by atoms with Crippen molar-refractivity contribution in [2.75, 3.05) is 7.11 Å². The van der Waals surface area contributed by atoms with Crippen molar-refractivity contribution in [1.82, 2.24) is 0 Å². The SMILES string of the molecule is COC(=O)[C@@]1(C)CCC=C2[C@@H]1CCC(C)[C@]2(C)CCC(C)=O. The predicted octanol–water partition coefficient (Wildman–Crippen LogP) is 4.31. The second kappa shape index (κ2) is 6.17. The topological polar surface area (TPSA) is 43.4 Å². The standard InChI is InChI=1S/C19H30O3/c1-13-8-9-16-15(18(13,3)12-10-14(2)20)7-6-11-19(16,4)17(21)22-5/h7,13,16H,6,8-12H2,1-5H3/t13?,16-,18-,19-/m0/s1. The monoisotopic (exact) mass is 306 g/mol. The van der Waals surface area contributed by atoms with Gasteiger partial charge in [0.05, 0.1) is 12.5 Å². The van der Waals surface area contributed by atoms with Gasteiger partial charge in [-0.25, -0.2) is 0 Å². The molecule has 1 saturated carbocycles. The summed E-state index contributed by atoms with van der Waals surface area (Å²) >= 11 is 0. The number of methoxy groups -OCH3 is 1. The van der Waals surface area contributed by atoms with E-state index >= 15 is 0 Å². The van der Waals surface area contributed by atoms with Crippen LogP contribution in [0.15, 0.2) is 11.6 Å². The van der Waals surface area contributed by atoms with Crippen LogP contribution in [0, 0.1) is 22.7 Å². The molecule has 0 N–H and O–H groups in total. The Morgan fingerprint density at radius 2 is 2.00 bits per heavy atom. The van der Waals surface area contributed by atoms with E-state index < -0.39 is 5.41 Å². The van der Waals surface area contributed by atoms with E-state index in [9.17, 15) is 9.59 Å².